The Hall–Kier alpha value is -2.73. The summed E-state index contributed by atoms with van der Waals surface area (Å²) in [4.78, 5) is 26.3. The van der Waals surface area contributed by atoms with Gasteiger partial charge < -0.3 is 9.84 Å². The van der Waals surface area contributed by atoms with Crippen LogP contribution in [0.25, 0.3) is 6.08 Å². The molecule has 128 valence electrons. The summed E-state index contributed by atoms with van der Waals surface area (Å²) in [5.41, 5.74) is 2.40. The lowest BCUT2D eigenvalue weighted by Gasteiger charge is -2.12. The molecule has 0 spiro atoms. The number of rotatable bonds is 4. The van der Waals surface area contributed by atoms with E-state index in [0.717, 1.165) is 22.9 Å². The summed E-state index contributed by atoms with van der Waals surface area (Å²) in [6, 6.07) is 12.4. The Morgan fingerprint density at radius 3 is 2.72 bits per heavy atom. The van der Waals surface area contributed by atoms with Crippen LogP contribution in [0, 0.1) is 6.92 Å². The van der Waals surface area contributed by atoms with Gasteiger partial charge in [-0.2, -0.15) is 0 Å². The minimum Gasteiger partial charge on any atom is -0.507 e. The molecule has 0 bridgehead atoms. The van der Waals surface area contributed by atoms with Crippen molar-refractivity contribution in [2.24, 2.45) is 0 Å². The first kappa shape index (κ1) is 17.1. The van der Waals surface area contributed by atoms with Crippen molar-refractivity contribution in [1.82, 2.24) is 4.90 Å². The molecular formula is C19H17NO4S. The van der Waals surface area contributed by atoms with Crippen LogP contribution in [-0.2, 0) is 11.3 Å². The zero-order valence-electron chi connectivity index (χ0n) is 13.9. The molecule has 1 heterocycles. The Kier molecular flexibility index (Phi) is 4.81. The molecule has 0 aliphatic carbocycles. The maximum Gasteiger partial charge on any atom is 0.293 e. The highest BCUT2D eigenvalue weighted by Gasteiger charge is 2.35. The Bertz CT molecular complexity index is 875. The quantitative estimate of drug-likeness (QED) is 0.841. The largest absolute Gasteiger partial charge is 0.507 e. The molecule has 0 atom stereocenters. The zero-order chi connectivity index (χ0) is 18.0. The van der Waals surface area contributed by atoms with Crippen molar-refractivity contribution in [2.75, 3.05) is 7.11 Å². The summed E-state index contributed by atoms with van der Waals surface area (Å²) in [6.45, 7) is 2.19. The van der Waals surface area contributed by atoms with Gasteiger partial charge in [0, 0.05) is 5.56 Å². The fraction of sp³-hybridized carbons (Fsp3) is 0.158. The molecule has 1 aliphatic rings. The number of methoxy groups -OCH3 is 1. The second kappa shape index (κ2) is 7.03. The minimum absolute atomic E-state index is 0.0197. The second-order valence-corrected chi connectivity index (χ2v) is 6.67. The van der Waals surface area contributed by atoms with Crippen LogP contribution in [0.2, 0.25) is 0 Å². The van der Waals surface area contributed by atoms with Crippen LogP contribution < -0.4 is 4.74 Å². The van der Waals surface area contributed by atoms with E-state index in [1.54, 1.807) is 12.1 Å². The third-order valence-electron chi connectivity index (χ3n) is 3.82. The highest BCUT2D eigenvalue weighted by atomic mass is 32.2. The van der Waals surface area contributed by atoms with Crippen LogP contribution in [0.3, 0.4) is 0 Å². The van der Waals surface area contributed by atoms with Gasteiger partial charge in [0.25, 0.3) is 11.1 Å². The van der Waals surface area contributed by atoms with E-state index in [4.69, 9.17) is 4.74 Å². The normalized spacial score (nSPS) is 15.9. The first-order valence-electron chi connectivity index (χ1n) is 7.66. The first-order valence-corrected chi connectivity index (χ1v) is 8.47. The number of carbonyl (C=O) groups excluding carboxylic acids is 2. The molecule has 2 aromatic rings. The number of aryl methyl sites for hydroxylation is 1. The number of nitrogens with zero attached hydrogens (tertiary/aromatic N) is 1. The van der Waals surface area contributed by atoms with Crippen molar-refractivity contribution in [1.29, 1.82) is 0 Å². The zero-order valence-corrected chi connectivity index (χ0v) is 14.7. The minimum atomic E-state index is -0.362. The predicted octanol–water partition coefficient (Wildman–Crippen LogP) is 3.95. The Morgan fingerprint density at radius 1 is 1.20 bits per heavy atom. The summed E-state index contributed by atoms with van der Waals surface area (Å²) in [5.74, 6) is 0.216. The van der Waals surface area contributed by atoms with Crippen molar-refractivity contribution >= 4 is 29.0 Å². The molecule has 3 rings (SSSR count). The number of thioether (sulfide) groups is 1. The molecule has 0 aromatic heterocycles. The molecular weight excluding hydrogens is 338 g/mol. The van der Waals surface area contributed by atoms with Crippen molar-refractivity contribution in [2.45, 2.75) is 13.5 Å². The molecule has 1 fully saturated rings. The number of imide groups is 1. The lowest BCUT2D eigenvalue weighted by molar-refractivity contribution is -0.123. The smallest absolute Gasteiger partial charge is 0.293 e. The van der Waals surface area contributed by atoms with E-state index in [1.165, 1.54) is 24.2 Å². The maximum atomic E-state index is 12.6. The van der Waals surface area contributed by atoms with Crippen molar-refractivity contribution < 1.29 is 19.4 Å². The van der Waals surface area contributed by atoms with Crippen LogP contribution >= 0.6 is 11.8 Å². The summed E-state index contributed by atoms with van der Waals surface area (Å²) < 4.78 is 5.12. The Balaban J connectivity index is 1.86. The molecule has 0 saturated carbocycles. The third-order valence-corrected chi connectivity index (χ3v) is 4.73. The Morgan fingerprint density at radius 2 is 2.00 bits per heavy atom. The van der Waals surface area contributed by atoms with E-state index in [0.29, 0.717) is 11.3 Å². The van der Waals surface area contributed by atoms with Crippen molar-refractivity contribution in [3.8, 4) is 11.5 Å². The molecule has 1 N–H and O–H groups in total. The van der Waals surface area contributed by atoms with Crippen LogP contribution in [-0.4, -0.2) is 28.3 Å². The summed E-state index contributed by atoms with van der Waals surface area (Å²) >= 11 is 0.869. The van der Waals surface area contributed by atoms with Gasteiger partial charge in [-0.25, -0.2) is 0 Å². The van der Waals surface area contributed by atoms with Gasteiger partial charge in [-0.05, 0) is 48.5 Å². The van der Waals surface area contributed by atoms with Crippen LogP contribution in [0.15, 0.2) is 47.4 Å². The second-order valence-electron chi connectivity index (χ2n) is 5.68. The standard InChI is InChI=1S/C19H17NO4S/c1-12-4-3-5-13(8-12)11-20-18(22)17(25-19(20)23)10-14-9-15(24-2)6-7-16(14)21/h3-10,21H,11H2,1-2H3/b17-10-. The molecule has 1 saturated heterocycles. The molecule has 2 aromatic carbocycles. The van der Waals surface area contributed by atoms with Crippen LogP contribution in [0.4, 0.5) is 4.79 Å². The molecule has 6 heteroatoms. The molecule has 5 nitrogen and oxygen atoms in total. The number of phenols is 1. The number of hydrogen-bond donors (Lipinski definition) is 1. The number of ether oxygens (including phenoxy) is 1. The number of hydrogen-bond acceptors (Lipinski definition) is 5. The fourth-order valence-electron chi connectivity index (χ4n) is 2.55. The SMILES string of the molecule is COc1ccc(O)c(/C=C2\SC(=O)N(Cc3cccc(C)c3)C2=O)c1. The average molecular weight is 355 g/mol. The van der Waals surface area contributed by atoms with E-state index < -0.39 is 0 Å². The fourth-order valence-corrected chi connectivity index (χ4v) is 3.37. The van der Waals surface area contributed by atoms with Crippen LogP contribution in [0.1, 0.15) is 16.7 Å². The van der Waals surface area contributed by atoms with E-state index in [-0.39, 0.29) is 28.3 Å². The van der Waals surface area contributed by atoms with Gasteiger partial charge >= 0.3 is 0 Å². The molecule has 2 amide bonds. The molecule has 0 unspecified atom stereocenters. The van der Waals surface area contributed by atoms with Crippen molar-refractivity contribution in [3.63, 3.8) is 0 Å². The number of benzene rings is 2. The topological polar surface area (TPSA) is 66.8 Å². The van der Waals surface area contributed by atoms with E-state index in [1.807, 2.05) is 31.2 Å². The molecule has 0 radical (unpaired) electrons. The Labute approximate surface area is 149 Å². The van der Waals surface area contributed by atoms with E-state index in [2.05, 4.69) is 0 Å². The maximum absolute atomic E-state index is 12.6. The summed E-state index contributed by atoms with van der Waals surface area (Å²) in [5, 5.41) is 9.64. The summed E-state index contributed by atoms with van der Waals surface area (Å²) in [6.07, 6.45) is 1.51. The van der Waals surface area contributed by atoms with E-state index >= 15 is 0 Å². The predicted molar refractivity (Wildman–Crippen MR) is 97.4 cm³/mol. The number of phenolic OH excluding ortho intramolecular Hbond substituents is 1. The molecule has 1 aliphatic heterocycles. The van der Waals surface area contributed by atoms with Gasteiger partial charge in [0.05, 0.1) is 18.6 Å². The first-order chi connectivity index (χ1) is 12.0. The lowest BCUT2D eigenvalue weighted by atomic mass is 10.1. The lowest BCUT2D eigenvalue weighted by Crippen LogP contribution is -2.27. The van der Waals surface area contributed by atoms with Gasteiger partial charge in [-0.15, -0.1) is 0 Å². The van der Waals surface area contributed by atoms with Gasteiger partial charge in [-0.1, -0.05) is 29.8 Å². The number of aromatic hydroxyl groups is 1. The van der Waals surface area contributed by atoms with E-state index in [9.17, 15) is 14.7 Å². The van der Waals surface area contributed by atoms with Crippen LogP contribution in [0.5, 0.6) is 11.5 Å². The third kappa shape index (κ3) is 3.69. The monoisotopic (exact) mass is 355 g/mol. The van der Waals surface area contributed by atoms with Gasteiger partial charge in [0.15, 0.2) is 0 Å². The van der Waals surface area contributed by atoms with Gasteiger partial charge in [0.2, 0.25) is 0 Å². The highest BCUT2D eigenvalue weighted by Crippen LogP contribution is 2.35. The van der Waals surface area contributed by atoms with Gasteiger partial charge in [0.1, 0.15) is 11.5 Å². The van der Waals surface area contributed by atoms with Crippen molar-refractivity contribution in [3.05, 3.63) is 64.1 Å². The van der Waals surface area contributed by atoms with Gasteiger partial charge in [-0.3, -0.25) is 14.5 Å². The summed E-state index contributed by atoms with van der Waals surface area (Å²) in [7, 11) is 1.52. The molecule has 25 heavy (non-hydrogen) atoms. The number of carbonyl (C=O) groups is 2. The number of amides is 2. The average Bonchev–Trinajstić information content (AvgIpc) is 2.84. The highest BCUT2D eigenvalue weighted by molar-refractivity contribution is 8.18.